The van der Waals surface area contributed by atoms with Crippen molar-refractivity contribution in [1.82, 2.24) is 15.1 Å². The fourth-order valence-corrected chi connectivity index (χ4v) is 3.63. The third kappa shape index (κ3) is 5.68. The molecule has 1 aromatic carbocycles. The Morgan fingerprint density at radius 1 is 1.26 bits per heavy atom. The van der Waals surface area contributed by atoms with Gasteiger partial charge >= 0.3 is 0 Å². The smallest absolute Gasteiger partial charge is 0.224 e. The Kier molecular flexibility index (Phi) is 6.68. The van der Waals surface area contributed by atoms with Gasteiger partial charge in [0.2, 0.25) is 11.8 Å². The van der Waals surface area contributed by atoms with Gasteiger partial charge in [0.1, 0.15) is 5.75 Å². The molecule has 0 spiro atoms. The van der Waals surface area contributed by atoms with Crippen molar-refractivity contribution in [3.05, 3.63) is 30.3 Å². The lowest BCUT2D eigenvalue weighted by molar-refractivity contribution is -0.134. The summed E-state index contributed by atoms with van der Waals surface area (Å²) in [6.07, 6.45) is 1.57. The third-order valence-electron chi connectivity index (χ3n) is 5.10. The van der Waals surface area contributed by atoms with E-state index >= 15 is 0 Å². The second kappa shape index (κ2) is 9.19. The number of morpholine rings is 1. The number of ether oxygens (including phenoxy) is 2. The molecule has 0 aromatic heterocycles. The Labute approximate surface area is 160 Å². The molecule has 0 aliphatic carbocycles. The maximum atomic E-state index is 12.2. The van der Waals surface area contributed by atoms with Crippen LogP contribution in [0, 0.1) is 0 Å². The third-order valence-corrected chi connectivity index (χ3v) is 5.10. The van der Waals surface area contributed by atoms with Crippen LogP contribution in [-0.4, -0.2) is 80.2 Å². The molecule has 2 aliphatic heterocycles. The number of nitrogens with zero attached hydrogens (tertiary/aromatic N) is 2. The van der Waals surface area contributed by atoms with Crippen LogP contribution < -0.4 is 10.1 Å². The fraction of sp³-hybridized carbons (Fsp3) is 0.600. The zero-order chi connectivity index (χ0) is 19.2. The second-order valence-electron chi connectivity index (χ2n) is 7.47. The van der Waals surface area contributed by atoms with Crippen molar-refractivity contribution < 1.29 is 19.1 Å². The monoisotopic (exact) mass is 375 g/mol. The van der Waals surface area contributed by atoms with Crippen molar-refractivity contribution in [1.29, 1.82) is 0 Å². The van der Waals surface area contributed by atoms with Crippen molar-refractivity contribution in [2.45, 2.75) is 37.5 Å². The molecular formula is C20H29N3O4. The van der Waals surface area contributed by atoms with E-state index in [1.54, 1.807) is 19.0 Å². The van der Waals surface area contributed by atoms with Gasteiger partial charge < -0.3 is 19.7 Å². The van der Waals surface area contributed by atoms with Gasteiger partial charge in [-0.05, 0) is 18.6 Å². The first-order chi connectivity index (χ1) is 13.0. The van der Waals surface area contributed by atoms with E-state index in [1.165, 1.54) is 0 Å². The molecule has 1 aromatic rings. The molecule has 148 valence electrons. The van der Waals surface area contributed by atoms with Crippen LogP contribution in [0.4, 0.5) is 0 Å². The maximum absolute atomic E-state index is 12.2. The number of amides is 2. The molecule has 2 amide bonds. The van der Waals surface area contributed by atoms with E-state index in [2.05, 4.69) is 10.2 Å². The molecule has 0 saturated carbocycles. The molecule has 1 N–H and O–H groups in total. The van der Waals surface area contributed by atoms with Gasteiger partial charge in [-0.1, -0.05) is 18.2 Å². The minimum Gasteiger partial charge on any atom is -0.493 e. The summed E-state index contributed by atoms with van der Waals surface area (Å²) in [4.78, 5) is 28.0. The predicted octanol–water partition coefficient (Wildman–Crippen LogP) is 0.892. The molecule has 2 heterocycles. The van der Waals surface area contributed by atoms with Crippen LogP contribution in [0.25, 0.3) is 0 Å². The highest BCUT2D eigenvalue weighted by atomic mass is 16.5. The van der Waals surface area contributed by atoms with E-state index in [-0.39, 0.29) is 24.0 Å². The number of para-hydroxylation sites is 1. The van der Waals surface area contributed by atoms with Crippen molar-refractivity contribution in [3.8, 4) is 5.75 Å². The summed E-state index contributed by atoms with van der Waals surface area (Å²) < 4.78 is 11.4. The quantitative estimate of drug-likeness (QED) is 0.767. The van der Waals surface area contributed by atoms with Gasteiger partial charge in [0.25, 0.3) is 0 Å². The summed E-state index contributed by atoms with van der Waals surface area (Å²) in [6, 6.07) is 9.96. The highest BCUT2D eigenvalue weighted by molar-refractivity contribution is 5.76. The lowest BCUT2D eigenvalue weighted by Gasteiger charge is -2.35. The standard InChI is InChI=1S/C20H29N3O4/c1-22(2)20(25)11-18-13-23-12-15(10-16(23)14-27-18)21-19(24)8-9-26-17-6-4-3-5-7-17/h3-7,15-16,18H,8-14H2,1-2H3,(H,21,24)/t15-,16+,18+/m1/s1. The summed E-state index contributed by atoms with van der Waals surface area (Å²) in [6.45, 7) is 2.54. The molecule has 2 saturated heterocycles. The highest BCUT2D eigenvalue weighted by Gasteiger charge is 2.38. The van der Waals surface area contributed by atoms with Gasteiger partial charge in [0, 0.05) is 39.3 Å². The first-order valence-electron chi connectivity index (χ1n) is 9.54. The van der Waals surface area contributed by atoms with Gasteiger partial charge in [-0.3, -0.25) is 14.5 Å². The molecular weight excluding hydrogens is 346 g/mol. The van der Waals surface area contributed by atoms with Crippen LogP contribution in [0.3, 0.4) is 0 Å². The van der Waals surface area contributed by atoms with Crippen molar-refractivity contribution >= 4 is 11.8 Å². The van der Waals surface area contributed by atoms with Crippen LogP contribution >= 0.6 is 0 Å². The number of carbonyl (C=O) groups excluding carboxylic acids is 2. The average molecular weight is 375 g/mol. The number of rotatable bonds is 7. The van der Waals surface area contributed by atoms with Crippen LogP contribution in [0.2, 0.25) is 0 Å². The van der Waals surface area contributed by atoms with E-state index < -0.39 is 0 Å². The Bertz CT molecular complexity index is 637. The molecule has 0 unspecified atom stereocenters. The van der Waals surface area contributed by atoms with Crippen LogP contribution in [-0.2, 0) is 14.3 Å². The van der Waals surface area contributed by atoms with E-state index in [9.17, 15) is 9.59 Å². The topological polar surface area (TPSA) is 71.1 Å². The largest absolute Gasteiger partial charge is 0.493 e. The predicted molar refractivity (Wildman–Crippen MR) is 102 cm³/mol. The van der Waals surface area contributed by atoms with E-state index in [0.717, 1.165) is 25.3 Å². The average Bonchev–Trinajstić information content (AvgIpc) is 3.03. The minimum absolute atomic E-state index is 0.0102. The SMILES string of the molecule is CN(C)C(=O)C[C@H]1CN2C[C@H](NC(=O)CCOc3ccccc3)C[C@H]2CO1. The zero-order valence-corrected chi connectivity index (χ0v) is 16.1. The molecule has 7 heteroatoms. The zero-order valence-electron chi connectivity index (χ0n) is 16.1. The maximum Gasteiger partial charge on any atom is 0.224 e. The van der Waals surface area contributed by atoms with Crippen LogP contribution in [0.1, 0.15) is 19.3 Å². The molecule has 7 nitrogen and oxygen atoms in total. The molecule has 2 fully saturated rings. The van der Waals surface area contributed by atoms with Gasteiger partial charge in [-0.2, -0.15) is 0 Å². The Hall–Kier alpha value is -2.12. The van der Waals surface area contributed by atoms with Crippen molar-refractivity contribution in [2.75, 3.05) is 40.4 Å². The van der Waals surface area contributed by atoms with Gasteiger partial charge in [0.05, 0.1) is 32.2 Å². The molecule has 3 atom stereocenters. The molecule has 27 heavy (non-hydrogen) atoms. The summed E-state index contributed by atoms with van der Waals surface area (Å²) in [5.41, 5.74) is 0. The van der Waals surface area contributed by atoms with Gasteiger partial charge in [-0.25, -0.2) is 0 Å². The number of fused-ring (bicyclic) bond motifs is 1. The number of nitrogens with one attached hydrogen (secondary N) is 1. The summed E-state index contributed by atoms with van der Waals surface area (Å²) in [7, 11) is 3.52. The van der Waals surface area contributed by atoms with Gasteiger partial charge in [-0.15, -0.1) is 0 Å². The summed E-state index contributed by atoms with van der Waals surface area (Å²) >= 11 is 0. The molecule has 2 aliphatic rings. The van der Waals surface area contributed by atoms with Gasteiger partial charge in [0.15, 0.2) is 0 Å². The second-order valence-corrected chi connectivity index (χ2v) is 7.47. The minimum atomic E-state index is -0.0649. The number of hydrogen-bond donors (Lipinski definition) is 1. The van der Waals surface area contributed by atoms with E-state index in [0.29, 0.717) is 32.1 Å². The number of carbonyl (C=O) groups is 2. The Balaban J connectivity index is 1.38. The molecule has 0 bridgehead atoms. The molecule has 3 rings (SSSR count). The number of hydrogen-bond acceptors (Lipinski definition) is 5. The highest BCUT2D eigenvalue weighted by Crippen LogP contribution is 2.24. The van der Waals surface area contributed by atoms with Crippen molar-refractivity contribution in [2.24, 2.45) is 0 Å². The van der Waals surface area contributed by atoms with Crippen LogP contribution in [0.15, 0.2) is 30.3 Å². The first kappa shape index (κ1) is 19.6. The fourth-order valence-electron chi connectivity index (χ4n) is 3.63. The first-order valence-corrected chi connectivity index (χ1v) is 9.54. The van der Waals surface area contributed by atoms with Crippen LogP contribution in [0.5, 0.6) is 5.75 Å². The van der Waals surface area contributed by atoms with E-state index in [1.807, 2.05) is 30.3 Å². The van der Waals surface area contributed by atoms with Crippen molar-refractivity contribution in [3.63, 3.8) is 0 Å². The molecule has 0 radical (unpaired) electrons. The summed E-state index contributed by atoms with van der Waals surface area (Å²) in [5, 5.41) is 3.10. The lowest BCUT2D eigenvalue weighted by atomic mass is 10.1. The normalized spacial score (nSPS) is 24.9. The number of benzene rings is 1. The Morgan fingerprint density at radius 2 is 2.04 bits per heavy atom. The lowest BCUT2D eigenvalue weighted by Crippen LogP contribution is -2.47. The summed E-state index contributed by atoms with van der Waals surface area (Å²) in [5.74, 6) is 0.871. The Morgan fingerprint density at radius 3 is 2.78 bits per heavy atom. The van der Waals surface area contributed by atoms with E-state index in [4.69, 9.17) is 9.47 Å².